The number of halogens is 1. The van der Waals surface area contributed by atoms with Gasteiger partial charge < -0.3 is 9.80 Å². The predicted octanol–water partition coefficient (Wildman–Crippen LogP) is 3.22. The Balaban J connectivity index is 1.48. The van der Waals surface area contributed by atoms with Gasteiger partial charge in [0, 0.05) is 49.6 Å². The molecule has 1 aliphatic rings. The second kappa shape index (κ2) is 7.25. The number of nitrogens with zero attached hydrogens (tertiary/aromatic N) is 6. The van der Waals surface area contributed by atoms with Crippen molar-refractivity contribution in [3.63, 3.8) is 0 Å². The Labute approximate surface area is 157 Å². The van der Waals surface area contributed by atoms with E-state index in [1.54, 1.807) is 6.33 Å². The van der Waals surface area contributed by atoms with Crippen molar-refractivity contribution in [1.29, 1.82) is 0 Å². The number of rotatable bonds is 3. The summed E-state index contributed by atoms with van der Waals surface area (Å²) in [7, 11) is 0. The lowest BCUT2D eigenvalue weighted by Crippen LogP contribution is -2.47. The Morgan fingerprint density at radius 3 is 2.23 bits per heavy atom. The molecule has 0 N–H and O–H groups in total. The van der Waals surface area contributed by atoms with Gasteiger partial charge in [-0.3, -0.25) is 0 Å². The zero-order valence-corrected chi connectivity index (χ0v) is 15.3. The lowest BCUT2D eigenvalue weighted by atomic mass is 10.1. The van der Waals surface area contributed by atoms with Crippen molar-refractivity contribution in [2.75, 3.05) is 36.0 Å². The van der Waals surface area contributed by atoms with E-state index in [0.29, 0.717) is 5.28 Å². The number of benzene rings is 1. The van der Waals surface area contributed by atoms with E-state index < -0.39 is 0 Å². The quantitative estimate of drug-likeness (QED) is 0.663. The van der Waals surface area contributed by atoms with Gasteiger partial charge in [0.2, 0.25) is 5.28 Å². The van der Waals surface area contributed by atoms with Crippen molar-refractivity contribution >= 4 is 23.2 Å². The lowest BCUT2D eigenvalue weighted by molar-refractivity contribution is 0.640. The Morgan fingerprint density at radius 1 is 0.846 bits per heavy atom. The summed E-state index contributed by atoms with van der Waals surface area (Å²) < 4.78 is 0. The molecule has 0 unspecified atom stereocenters. The molecule has 132 valence electrons. The smallest absolute Gasteiger partial charge is 0.224 e. The normalized spacial score (nSPS) is 14.5. The molecule has 1 aliphatic heterocycles. The maximum Gasteiger partial charge on any atom is 0.224 e. The van der Waals surface area contributed by atoms with Crippen LogP contribution in [-0.2, 0) is 0 Å². The Kier molecular flexibility index (Phi) is 4.67. The number of piperazine rings is 1. The molecule has 1 aromatic carbocycles. The van der Waals surface area contributed by atoms with E-state index >= 15 is 0 Å². The summed E-state index contributed by atoms with van der Waals surface area (Å²) in [6, 6.07) is 14.2. The average molecular weight is 367 g/mol. The minimum atomic E-state index is 0.297. The largest absolute Gasteiger partial charge is 0.353 e. The molecule has 0 radical (unpaired) electrons. The summed E-state index contributed by atoms with van der Waals surface area (Å²) in [5.41, 5.74) is 2.92. The molecule has 3 heterocycles. The molecule has 0 spiro atoms. The molecule has 0 aliphatic carbocycles. The fraction of sp³-hybridized carbons (Fsp3) is 0.263. The molecule has 1 saturated heterocycles. The van der Waals surface area contributed by atoms with Crippen molar-refractivity contribution in [2.24, 2.45) is 0 Å². The first kappa shape index (κ1) is 16.7. The van der Waals surface area contributed by atoms with Gasteiger partial charge in [-0.15, -0.1) is 0 Å². The molecule has 0 amide bonds. The van der Waals surface area contributed by atoms with E-state index in [-0.39, 0.29) is 0 Å². The van der Waals surface area contributed by atoms with Crippen LogP contribution in [0, 0.1) is 6.92 Å². The third kappa shape index (κ3) is 3.60. The highest BCUT2D eigenvalue weighted by Crippen LogP contribution is 2.23. The Hall–Kier alpha value is -2.73. The summed E-state index contributed by atoms with van der Waals surface area (Å²) >= 11 is 5.99. The lowest BCUT2D eigenvalue weighted by Gasteiger charge is -2.36. The van der Waals surface area contributed by atoms with Gasteiger partial charge >= 0.3 is 0 Å². The van der Waals surface area contributed by atoms with E-state index in [1.807, 2.05) is 31.2 Å². The first-order valence-corrected chi connectivity index (χ1v) is 8.95. The summed E-state index contributed by atoms with van der Waals surface area (Å²) in [6.45, 7) is 5.38. The van der Waals surface area contributed by atoms with Crippen molar-refractivity contribution < 1.29 is 0 Å². The molecule has 26 heavy (non-hydrogen) atoms. The first-order chi connectivity index (χ1) is 12.7. The number of aryl methyl sites for hydroxylation is 1. The third-order valence-corrected chi connectivity index (χ3v) is 4.63. The fourth-order valence-electron chi connectivity index (χ4n) is 3.13. The highest BCUT2D eigenvalue weighted by molar-refractivity contribution is 6.28. The van der Waals surface area contributed by atoms with Gasteiger partial charge in [-0.1, -0.05) is 30.3 Å². The van der Waals surface area contributed by atoms with E-state index in [4.69, 9.17) is 11.6 Å². The van der Waals surface area contributed by atoms with Crippen molar-refractivity contribution in [3.8, 4) is 11.3 Å². The van der Waals surface area contributed by atoms with E-state index in [1.165, 1.54) is 0 Å². The summed E-state index contributed by atoms with van der Waals surface area (Å²) in [5, 5.41) is 0.297. The van der Waals surface area contributed by atoms with Crippen LogP contribution in [0.4, 0.5) is 11.6 Å². The van der Waals surface area contributed by atoms with E-state index in [9.17, 15) is 0 Å². The minimum absolute atomic E-state index is 0.297. The maximum absolute atomic E-state index is 5.99. The molecule has 0 saturated carbocycles. The van der Waals surface area contributed by atoms with Crippen LogP contribution < -0.4 is 9.80 Å². The van der Waals surface area contributed by atoms with Crippen LogP contribution in [0.2, 0.25) is 5.28 Å². The minimum Gasteiger partial charge on any atom is -0.353 e. The van der Waals surface area contributed by atoms with E-state index in [2.05, 4.69) is 47.9 Å². The molecule has 1 fully saturated rings. The van der Waals surface area contributed by atoms with Crippen LogP contribution in [0.5, 0.6) is 0 Å². The molecular weight excluding hydrogens is 348 g/mol. The van der Waals surface area contributed by atoms with Gasteiger partial charge in [-0.25, -0.2) is 19.9 Å². The monoisotopic (exact) mass is 366 g/mol. The van der Waals surface area contributed by atoms with Crippen molar-refractivity contribution in [1.82, 2.24) is 19.9 Å². The Bertz CT molecular complexity index is 873. The molecule has 2 aromatic heterocycles. The molecule has 0 bridgehead atoms. The summed E-state index contributed by atoms with van der Waals surface area (Å²) in [5.74, 6) is 1.84. The number of hydrogen-bond acceptors (Lipinski definition) is 6. The van der Waals surface area contributed by atoms with Crippen LogP contribution in [0.1, 0.15) is 5.69 Å². The van der Waals surface area contributed by atoms with E-state index in [0.717, 1.165) is 54.8 Å². The first-order valence-electron chi connectivity index (χ1n) is 8.57. The second-order valence-electron chi connectivity index (χ2n) is 6.24. The van der Waals surface area contributed by atoms with Gasteiger partial charge in [-0.2, -0.15) is 0 Å². The maximum atomic E-state index is 5.99. The van der Waals surface area contributed by atoms with Gasteiger partial charge in [0.05, 0.1) is 5.69 Å². The fourth-order valence-corrected chi connectivity index (χ4v) is 3.35. The average Bonchev–Trinajstić information content (AvgIpc) is 2.68. The molecule has 0 atom stereocenters. The van der Waals surface area contributed by atoms with Crippen molar-refractivity contribution in [3.05, 3.63) is 59.8 Å². The number of aromatic nitrogens is 4. The van der Waals surface area contributed by atoms with Crippen LogP contribution in [-0.4, -0.2) is 46.1 Å². The zero-order valence-electron chi connectivity index (χ0n) is 14.5. The van der Waals surface area contributed by atoms with Gasteiger partial charge in [-0.05, 0) is 18.5 Å². The summed E-state index contributed by atoms with van der Waals surface area (Å²) in [6.07, 6.45) is 1.64. The standard InChI is InChI=1S/C19H19ClN6/c1-14-11-18(24-19(20)23-14)26-9-7-25(8-10-26)17-12-16(21-13-22-17)15-5-3-2-4-6-15/h2-6,11-13H,7-10H2,1H3. The number of hydrogen-bond donors (Lipinski definition) is 0. The number of anilines is 2. The second-order valence-corrected chi connectivity index (χ2v) is 6.58. The molecular formula is C19H19ClN6. The summed E-state index contributed by atoms with van der Waals surface area (Å²) in [4.78, 5) is 21.9. The predicted molar refractivity (Wildman–Crippen MR) is 104 cm³/mol. The highest BCUT2D eigenvalue weighted by Gasteiger charge is 2.20. The molecule has 4 rings (SSSR count). The van der Waals surface area contributed by atoms with Crippen LogP contribution >= 0.6 is 11.6 Å². The van der Waals surface area contributed by atoms with Crippen LogP contribution in [0.3, 0.4) is 0 Å². The zero-order chi connectivity index (χ0) is 17.9. The topological polar surface area (TPSA) is 58.0 Å². The molecule has 6 nitrogen and oxygen atoms in total. The van der Waals surface area contributed by atoms with Gasteiger partial charge in [0.25, 0.3) is 0 Å². The highest BCUT2D eigenvalue weighted by atomic mass is 35.5. The Morgan fingerprint density at radius 2 is 1.54 bits per heavy atom. The van der Waals surface area contributed by atoms with Crippen LogP contribution in [0.25, 0.3) is 11.3 Å². The molecule has 3 aromatic rings. The third-order valence-electron chi connectivity index (χ3n) is 4.46. The van der Waals surface area contributed by atoms with Crippen LogP contribution in [0.15, 0.2) is 48.8 Å². The van der Waals surface area contributed by atoms with Crippen molar-refractivity contribution in [2.45, 2.75) is 6.92 Å². The van der Waals surface area contributed by atoms with Gasteiger partial charge in [0.15, 0.2) is 0 Å². The van der Waals surface area contributed by atoms with Gasteiger partial charge in [0.1, 0.15) is 18.0 Å². The molecule has 7 heteroatoms. The SMILES string of the molecule is Cc1cc(N2CCN(c3cc(-c4ccccc4)ncn3)CC2)nc(Cl)n1.